The zero-order valence-electron chi connectivity index (χ0n) is 21.0. The number of nitrogens with one attached hydrogen (secondary N) is 2. The molecule has 0 aliphatic carbocycles. The minimum absolute atomic E-state index is 0.132. The van der Waals surface area contributed by atoms with Gasteiger partial charge in [-0.1, -0.05) is 61.0 Å². The molecule has 0 saturated carbocycles. The van der Waals surface area contributed by atoms with E-state index in [-0.39, 0.29) is 22.2 Å². The molecule has 36 heavy (non-hydrogen) atoms. The number of methoxy groups -OCH3 is 2. The van der Waals surface area contributed by atoms with E-state index < -0.39 is 17.9 Å². The minimum atomic E-state index is -0.770. The van der Waals surface area contributed by atoms with Crippen LogP contribution in [0.1, 0.15) is 72.1 Å². The van der Waals surface area contributed by atoms with Crippen molar-refractivity contribution in [2.24, 2.45) is 0 Å². The summed E-state index contributed by atoms with van der Waals surface area (Å²) < 4.78 is 10.0. The second-order valence-corrected chi connectivity index (χ2v) is 9.81. The number of ether oxygens (including phenoxy) is 2. The summed E-state index contributed by atoms with van der Waals surface area (Å²) >= 11 is 12.6. The zero-order valence-corrected chi connectivity index (χ0v) is 22.5. The minimum Gasteiger partial charge on any atom is -0.467 e. The fourth-order valence-corrected chi connectivity index (χ4v) is 4.98. The van der Waals surface area contributed by atoms with Crippen LogP contribution in [0.3, 0.4) is 0 Å². The smallest absolute Gasteiger partial charge is 0.328 e. The van der Waals surface area contributed by atoms with Gasteiger partial charge in [-0.3, -0.25) is 4.79 Å². The van der Waals surface area contributed by atoms with Gasteiger partial charge in [0.15, 0.2) is 0 Å². The maximum absolute atomic E-state index is 12.9. The number of carbonyl (C=O) groups excluding carboxylic acids is 2. The Morgan fingerprint density at radius 3 is 2.64 bits per heavy atom. The van der Waals surface area contributed by atoms with Crippen LogP contribution >= 0.6 is 23.2 Å². The van der Waals surface area contributed by atoms with E-state index in [0.717, 1.165) is 69.4 Å². The first-order chi connectivity index (χ1) is 17.4. The van der Waals surface area contributed by atoms with Crippen LogP contribution in [0.25, 0.3) is 0 Å². The highest BCUT2D eigenvalue weighted by molar-refractivity contribution is 6.40. The van der Waals surface area contributed by atoms with Gasteiger partial charge in [-0.2, -0.15) is 0 Å². The maximum atomic E-state index is 12.9. The summed E-state index contributed by atoms with van der Waals surface area (Å²) in [4.78, 5) is 30.0. The lowest BCUT2D eigenvalue weighted by Crippen LogP contribution is -2.41. The first kappa shape index (κ1) is 28.2. The van der Waals surface area contributed by atoms with Crippen molar-refractivity contribution in [1.82, 2.24) is 10.3 Å². The van der Waals surface area contributed by atoms with Gasteiger partial charge >= 0.3 is 5.97 Å². The Morgan fingerprint density at radius 2 is 1.86 bits per heavy atom. The number of aryl methyl sites for hydroxylation is 2. The highest BCUT2D eigenvalue weighted by Crippen LogP contribution is 2.29. The van der Waals surface area contributed by atoms with Crippen molar-refractivity contribution in [1.29, 1.82) is 0 Å². The average molecular weight is 537 g/mol. The van der Waals surface area contributed by atoms with Crippen LogP contribution in [0.5, 0.6) is 0 Å². The molecule has 2 heterocycles. The summed E-state index contributed by atoms with van der Waals surface area (Å²) in [5, 5.41) is 6.56. The van der Waals surface area contributed by atoms with Crippen molar-refractivity contribution >= 4 is 40.9 Å². The van der Waals surface area contributed by atoms with Crippen LogP contribution < -0.4 is 10.6 Å². The molecule has 0 unspecified atom stereocenters. The van der Waals surface area contributed by atoms with Gasteiger partial charge in [-0.15, -0.1) is 0 Å². The second kappa shape index (κ2) is 14.4. The number of aromatic nitrogens is 1. The number of pyridine rings is 1. The van der Waals surface area contributed by atoms with Crippen LogP contribution in [0, 0.1) is 0 Å². The molecule has 2 N–H and O–H groups in total. The number of nitrogens with zero attached hydrogens (tertiary/aromatic N) is 1. The van der Waals surface area contributed by atoms with Crippen LogP contribution in [-0.2, 0) is 33.7 Å². The third-order valence-corrected chi connectivity index (χ3v) is 7.11. The van der Waals surface area contributed by atoms with Crippen LogP contribution in [0.4, 0.5) is 5.82 Å². The largest absolute Gasteiger partial charge is 0.467 e. The SMILES string of the molecule is COCc1ccc(Cl)c(C(=O)N[C@@H](CCCCCCCc2ccc3c(n2)NCCC3)C(=O)OC)c1Cl. The van der Waals surface area contributed by atoms with Gasteiger partial charge in [-0.25, -0.2) is 9.78 Å². The number of halogens is 2. The number of rotatable bonds is 13. The summed E-state index contributed by atoms with van der Waals surface area (Å²) in [5.41, 5.74) is 3.21. The topological polar surface area (TPSA) is 89.5 Å². The van der Waals surface area contributed by atoms with E-state index in [1.807, 2.05) is 0 Å². The molecule has 1 atom stereocenters. The van der Waals surface area contributed by atoms with E-state index in [1.165, 1.54) is 12.7 Å². The molecule has 196 valence electrons. The molecule has 1 aliphatic rings. The number of esters is 1. The second-order valence-electron chi connectivity index (χ2n) is 9.02. The summed E-state index contributed by atoms with van der Waals surface area (Å²) in [6, 6.07) is 6.87. The highest BCUT2D eigenvalue weighted by atomic mass is 35.5. The Hall–Kier alpha value is -2.35. The van der Waals surface area contributed by atoms with Crippen molar-refractivity contribution < 1.29 is 19.1 Å². The van der Waals surface area contributed by atoms with Crippen molar-refractivity contribution in [2.75, 3.05) is 26.1 Å². The Balaban J connectivity index is 1.44. The number of hydrogen-bond donors (Lipinski definition) is 2. The Kier molecular flexibility index (Phi) is 11.3. The number of hydrogen-bond acceptors (Lipinski definition) is 6. The highest BCUT2D eigenvalue weighted by Gasteiger charge is 2.25. The normalized spacial score (nSPS) is 13.4. The number of carbonyl (C=O) groups is 2. The van der Waals surface area contributed by atoms with E-state index in [4.69, 9.17) is 37.7 Å². The van der Waals surface area contributed by atoms with Gasteiger partial charge in [0.05, 0.1) is 29.3 Å². The van der Waals surface area contributed by atoms with Gasteiger partial charge in [0, 0.05) is 19.3 Å². The van der Waals surface area contributed by atoms with Gasteiger partial charge < -0.3 is 20.1 Å². The molecular weight excluding hydrogens is 501 g/mol. The standard InChI is InChI=1S/C27H35Cl2N3O4/c1-35-17-19-13-15-21(28)23(24(19)29)26(33)32-22(27(34)36-2)11-7-5-3-4-6-10-20-14-12-18-9-8-16-30-25(18)31-20/h12-15,22H,3-11,16-17H2,1-2H3,(H,30,31)(H,32,33)/t22-/m0/s1. The summed E-state index contributed by atoms with van der Waals surface area (Å²) in [6.07, 6.45) is 8.63. The summed E-state index contributed by atoms with van der Waals surface area (Å²) in [6.45, 7) is 1.24. The monoisotopic (exact) mass is 535 g/mol. The number of benzene rings is 1. The summed E-state index contributed by atoms with van der Waals surface area (Å²) in [5.74, 6) is 0.0452. The van der Waals surface area contributed by atoms with Crippen molar-refractivity contribution in [3.8, 4) is 0 Å². The molecule has 1 aliphatic heterocycles. The van der Waals surface area contributed by atoms with Gasteiger partial charge in [-0.05, 0) is 55.4 Å². The molecule has 1 aromatic carbocycles. The molecule has 0 radical (unpaired) electrons. The molecule has 0 saturated heterocycles. The predicted molar refractivity (Wildman–Crippen MR) is 143 cm³/mol. The molecule has 3 rings (SSSR count). The Bertz CT molecular complexity index is 1050. The van der Waals surface area contributed by atoms with Crippen LogP contribution in [-0.4, -0.2) is 43.7 Å². The number of unbranched alkanes of at least 4 members (excludes halogenated alkanes) is 4. The lowest BCUT2D eigenvalue weighted by molar-refractivity contribution is -0.143. The molecule has 0 bridgehead atoms. The predicted octanol–water partition coefficient (Wildman–Crippen LogP) is 5.75. The first-order valence-corrected chi connectivity index (χ1v) is 13.3. The van der Waals surface area contributed by atoms with Gasteiger partial charge in [0.1, 0.15) is 11.9 Å². The van der Waals surface area contributed by atoms with Crippen LogP contribution in [0.15, 0.2) is 24.3 Å². The van der Waals surface area contributed by atoms with Gasteiger partial charge in [0.25, 0.3) is 5.91 Å². The molecular formula is C27H35Cl2N3O4. The number of fused-ring (bicyclic) bond motifs is 1. The first-order valence-electron chi connectivity index (χ1n) is 12.5. The fourth-order valence-electron chi connectivity index (χ4n) is 4.39. The third-order valence-electron chi connectivity index (χ3n) is 6.37. The van der Waals surface area contributed by atoms with Crippen LogP contribution in [0.2, 0.25) is 10.0 Å². The lowest BCUT2D eigenvalue weighted by Gasteiger charge is -2.18. The van der Waals surface area contributed by atoms with Gasteiger partial charge in [0.2, 0.25) is 0 Å². The lowest BCUT2D eigenvalue weighted by atomic mass is 10.0. The summed E-state index contributed by atoms with van der Waals surface area (Å²) in [7, 11) is 2.85. The number of amides is 1. The fraction of sp³-hybridized carbons (Fsp3) is 0.519. The van der Waals surface area contributed by atoms with E-state index in [0.29, 0.717) is 12.0 Å². The molecule has 7 nitrogen and oxygen atoms in total. The molecule has 1 aromatic heterocycles. The van der Waals surface area contributed by atoms with Crippen molar-refractivity contribution in [3.05, 3.63) is 56.7 Å². The van der Waals surface area contributed by atoms with E-state index in [1.54, 1.807) is 19.2 Å². The van der Waals surface area contributed by atoms with E-state index >= 15 is 0 Å². The third kappa shape index (κ3) is 7.82. The number of anilines is 1. The Labute approximate surface area is 223 Å². The van der Waals surface area contributed by atoms with E-state index in [2.05, 4.69) is 22.8 Å². The van der Waals surface area contributed by atoms with E-state index in [9.17, 15) is 9.59 Å². The molecule has 9 heteroatoms. The van der Waals surface area contributed by atoms with Crippen molar-refractivity contribution in [3.63, 3.8) is 0 Å². The molecule has 0 fully saturated rings. The maximum Gasteiger partial charge on any atom is 0.328 e. The van der Waals surface area contributed by atoms with Crippen molar-refractivity contribution in [2.45, 2.75) is 70.4 Å². The molecule has 0 spiro atoms. The molecule has 2 aromatic rings. The Morgan fingerprint density at radius 1 is 1.08 bits per heavy atom. The average Bonchev–Trinajstić information content (AvgIpc) is 2.88. The zero-order chi connectivity index (χ0) is 25.9. The quantitative estimate of drug-likeness (QED) is 0.251. The molecule has 1 amide bonds.